The van der Waals surface area contributed by atoms with E-state index in [4.69, 9.17) is 0 Å². The van der Waals surface area contributed by atoms with Crippen LogP contribution < -0.4 is 0 Å². The molecular weight excluding hydrogens is 311 g/mol. The van der Waals surface area contributed by atoms with Crippen molar-refractivity contribution in [1.29, 1.82) is 0 Å². The van der Waals surface area contributed by atoms with Crippen LogP contribution >= 0.6 is 0 Å². The first-order valence-electron chi connectivity index (χ1n) is 8.14. The molecule has 2 aromatic rings. The fourth-order valence-corrected chi connectivity index (χ4v) is 2.86. The number of rotatable bonds is 4. The number of alkyl halides is 3. The molecule has 24 heavy (non-hydrogen) atoms. The largest absolute Gasteiger partial charge is 0.416 e. The minimum atomic E-state index is -4.30. The van der Waals surface area contributed by atoms with Gasteiger partial charge in [-0.05, 0) is 60.1 Å². The van der Waals surface area contributed by atoms with Crippen LogP contribution in [0.15, 0.2) is 36.4 Å². The molecule has 0 atom stereocenters. The summed E-state index contributed by atoms with van der Waals surface area (Å²) in [5.74, 6) is 0.416. The average molecular weight is 335 g/mol. The van der Waals surface area contributed by atoms with E-state index in [1.165, 1.54) is 5.56 Å². The van der Waals surface area contributed by atoms with Gasteiger partial charge in [0.1, 0.15) is 0 Å². The monoisotopic (exact) mass is 335 g/mol. The van der Waals surface area contributed by atoms with E-state index in [0.29, 0.717) is 12.3 Å². The third-order valence-electron chi connectivity index (χ3n) is 4.31. The van der Waals surface area contributed by atoms with E-state index in [2.05, 4.69) is 31.0 Å². The molecule has 0 N–H and O–H groups in total. The zero-order valence-corrected chi connectivity index (χ0v) is 14.8. The Balaban J connectivity index is 2.28. The summed E-state index contributed by atoms with van der Waals surface area (Å²) in [6.07, 6.45) is -3.62. The van der Waals surface area contributed by atoms with Crippen molar-refractivity contribution in [2.75, 3.05) is 0 Å². The molecule has 2 rings (SSSR count). The first-order chi connectivity index (χ1) is 11.0. The van der Waals surface area contributed by atoms with Gasteiger partial charge in [-0.2, -0.15) is 13.2 Å². The Kier molecular flexibility index (Phi) is 5.07. The molecule has 1 aromatic carbocycles. The Morgan fingerprint density at radius 2 is 1.50 bits per heavy atom. The summed E-state index contributed by atoms with van der Waals surface area (Å²) in [7, 11) is 0. The number of hydrogen-bond acceptors (Lipinski definition) is 1. The highest BCUT2D eigenvalue weighted by atomic mass is 19.4. The maximum atomic E-state index is 12.7. The molecule has 0 aliphatic rings. The third kappa shape index (κ3) is 4.37. The van der Waals surface area contributed by atoms with Gasteiger partial charge >= 0.3 is 6.18 Å². The van der Waals surface area contributed by atoms with E-state index in [0.717, 1.165) is 29.1 Å². The zero-order chi connectivity index (χ0) is 18.1. The van der Waals surface area contributed by atoms with E-state index >= 15 is 0 Å². The molecule has 0 unspecified atom stereocenters. The van der Waals surface area contributed by atoms with Crippen molar-refractivity contribution in [1.82, 2.24) is 4.98 Å². The first-order valence-corrected chi connectivity index (χ1v) is 8.14. The smallest absolute Gasteiger partial charge is 0.258 e. The molecule has 0 radical (unpaired) electrons. The van der Waals surface area contributed by atoms with Gasteiger partial charge in [0.05, 0.1) is 5.56 Å². The normalized spacial score (nSPS) is 12.7. The molecule has 0 amide bonds. The Morgan fingerprint density at radius 1 is 0.958 bits per heavy atom. The molecule has 1 heterocycles. The standard InChI is InChI=1S/C20H24F3N/c1-13(2)15-10-14(3)24-18(11-15)12-19(4,5)16-6-8-17(9-7-16)20(21,22)23/h6-11,13H,12H2,1-5H3. The molecule has 0 bridgehead atoms. The van der Waals surface area contributed by atoms with Crippen LogP contribution in [0.1, 0.15) is 61.7 Å². The van der Waals surface area contributed by atoms with Gasteiger partial charge in [0.25, 0.3) is 0 Å². The second kappa shape index (κ2) is 6.58. The van der Waals surface area contributed by atoms with E-state index in [-0.39, 0.29) is 5.41 Å². The van der Waals surface area contributed by atoms with Gasteiger partial charge in [-0.25, -0.2) is 0 Å². The summed E-state index contributed by atoms with van der Waals surface area (Å²) in [5, 5.41) is 0. The lowest BCUT2D eigenvalue weighted by Gasteiger charge is -2.26. The molecule has 4 heteroatoms. The number of nitrogens with zero attached hydrogens (tertiary/aromatic N) is 1. The first kappa shape index (κ1) is 18.5. The van der Waals surface area contributed by atoms with Crippen LogP contribution in [0.2, 0.25) is 0 Å². The maximum absolute atomic E-state index is 12.7. The molecular formula is C20H24F3N. The van der Waals surface area contributed by atoms with Gasteiger partial charge in [-0.1, -0.05) is 39.8 Å². The van der Waals surface area contributed by atoms with Crippen molar-refractivity contribution in [3.8, 4) is 0 Å². The minimum Gasteiger partial charge on any atom is -0.258 e. The quantitative estimate of drug-likeness (QED) is 0.662. The highest BCUT2D eigenvalue weighted by molar-refractivity contribution is 5.32. The molecule has 0 aliphatic heterocycles. The van der Waals surface area contributed by atoms with Crippen LogP contribution in [0.5, 0.6) is 0 Å². The van der Waals surface area contributed by atoms with Crippen LogP contribution in [0.3, 0.4) is 0 Å². The molecule has 0 aliphatic carbocycles. The average Bonchev–Trinajstić information content (AvgIpc) is 2.45. The van der Waals surface area contributed by atoms with Crippen molar-refractivity contribution in [2.24, 2.45) is 0 Å². The van der Waals surface area contributed by atoms with Gasteiger partial charge in [0, 0.05) is 11.4 Å². The van der Waals surface area contributed by atoms with E-state index in [1.54, 1.807) is 12.1 Å². The van der Waals surface area contributed by atoms with Gasteiger partial charge in [-0.3, -0.25) is 4.98 Å². The molecule has 130 valence electrons. The predicted octanol–water partition coefficient (Wildman–Crippen LogP) is 6.05. The topological polar surface area (TPSA) is 12.9 Å². The summed E-state index contributed by atoms with van der Waals surface area (Å²) in [6.45, 7) is 10.3. The Labute approximate surface area is 141 Å². The van der Waals surface area contributed by atoms with Crippen LogP contribution in [-0.4, -0.2) is 4.98 Å². The molecule has 0 saturated carbocycles. The van der Waals surface area contributed by atoms with E-state index < -0.39 is 11.7 Å². The lowest BCUT2D eigenvalue weighted by Crippen LogP contribution is -2.22. The Bertz CT molecular complexity index is 698. The van der Waals surface area contributed by atoms with E-state index in [9.17, 15) is 13.2 Å². The predicted molar refractivity (Wildman–Crippen MR) is 91.2 cm³/mol. The Hall–Kier alpha value is -1.84. The fourth-order valence-electron chi connectivity index (χ4n) is 2.86. The number of aromatic nitrogens is 1. The fraction of sp³-hybridized carbons (Fsp3) is 0.450. The summed E-state index contributed by atoms with van der Waals surface area (Å²) in [4.78, 5) is 4.60. The van der Waals surface area contributed by atoms with Gasteiger partial charge in [0.2, 0.25) is 0 Å². The SMILES string of the molecule is Cc1cc(C(C)C)cc(CC(C)(C)c2ccc(C(F)(F)F)cc2)n1. The number of benzene rings is 1. The molecule has 0 saturated heterocycles. The van der Waals surface area contributed by atoms with E-state index in [1.807, 2.05) is 20.8 Å². The van der Waals surface area contributed by atoms with Gasteiger partial charge in [-0.15, -0.1) is 0 Å². The highest BCUT2D eigenvalue weighted by Gasteiger charge is 2.31. The van der Waals surface area contributed by atoms with Crippen LogP contribution in [0.25, 0.3) is 0 Å². The molecule has 1 nitrogen and oxygen atoms in total. The van der Waals surface area contributed by atoms with Crippen LogP contribution in [-0.2, 0) is 18.0 Å². The molecule has 0 spiro atoms. The summed E-state index contributed by atoms with van der Waals surface area (Å²) < 4.78 is 38.2. The minimum absolute atomic E-state index is 0.292. The molecule has 0 fully saturated rings. The number of hydrogen-bond donors (Lipinski definition) is 0. The Morgan fingerprint density at radius 3 is 2.00 bits per heavy atom. The highest BCUT2D eigenvalue weighted by Crippen LogP contribution is 2.33. The number of aryl methyl sites for hydroxylation is 1. The third-order valence-corrected chi connectivity index (χ3v) is 4.31. The molecule has 1 aromatic heterocycles. The number of pyridine rings is 1. The second-order valence-corrected chi connectivity index (χ2v) is 7.32. The summed E-state index contributed by atoms with van der Waals surface area (Å²) >= 11 is 0. The van der Waals surface area contributed by atoms with Crippen molar-refractivity contribution >= 4 is 0 Å². The van der Waals surface area contributed by atoms with Crippen LogP contribution in [0.4, 0.5) is 13.2 Å². The van der Waals surface area contributed by atoms with Crippen molar-refractivity contribution in [3.05, 3.63) is 64.5 Å². The van der Waals surface area contributed by atoms with Crippen molar-refractivity contribution in [3.63, 3.8) is 0 Å². The maximum Gasteiger partial charge on any atom is 0.416 e. The van der Waals surface area contributed by atoms with Crippen molar-refractivity contribution < 1.29 is 13.2 Å². The second-order valence-electron chi connectivity index (χ2n) is 7.32. The summed E-state index contributed by atoms with van der Waals surface area (Å²) in [5.41, 5.74) is 3.16. The van der Waals surface area contributed by atoms with Gasteiger partial charge in [0.15, 0.2) is 0 Å². The lowest BCUT2D eigenvalue weighted by molar-refractivity contribution is -0.137. The number of halogens is 3. The van der Waals surface area contributed by atoms with Crippen LogP contribution in [0, 0.1) is 6.92 Å². The van der Waals surface area contributed by atoms with Gasteiger partial charge < -0.3 is 0 Å². The summed E-state index contributed by atoms with van der Waals surface area (Å²) in [6, 6.07) is 9.63. The zero-order valence-electron chi connectivity index (χ0n) is 14.8. The van der Waals surface area contributed by atoms with Crippen molar-refractivity contribution in [2.45, 2.75) is 58.5 Å². The lowest BCUT2D eigenvalue weighted by atomic mass is 9.79.